The van der Waals surface area contributed by atoms with Crippen molar-refractivity contribution in [2.24, 2.45) is 0 Å². The van der Waals surface area contributed by atoms with Gasteiger partial charge in [0.1, 0.15) is 11.9 Å². The van der Waals surface area contributed by atoms with Gasteiger partial charge in [-0.05, 0) is 13.0 Å². The van der Waals surface area contributed by atoms with Crippen LogP contribution in [0.2, 0.25) is 10.0 Å². The molecule has 0 saturated heterocycles. The van der Waals surface area contributed by atoms with Crippen LogP contribution >= 0.6 is 23.2 Å². The van der Waals surface area contributed by atoms with E-state index in [9.17, 15) is 15.2 Å². The number of nitro benzene ring substituents is 1. The van der Waals surface area contributed by atoms with Gasteiger partial charge in [0.05, 0.1) is 15.0 Å². The molecule has 1 atom stereocenters. The van der Waals surface area contributed by atoms with E-state index >= 15 is 0 Å². The monoisotopic (exact) mass is 290 g/mol. The second kappa shape index (κ2) is 6.58. The zero-order valence-electron chi connectivity index (χ0n) is 9.56. The Bertz CT molecular complexity index is 478. The second-order valence-electron chi connectivity index (χ2n) is 3.48. The molecule has 0 spiro atoms. The predicted molar refractivity (Wildman–Crippen MR) is 72.2 cm³/mol. The second-order valence-corrected chi connectivity index (χ2v) is 4.26. The number of aliphatic hydroxyl groups is 1. The van der Waals surface area contributed by atoms with Gasteiger partial charge < -0.3 is 10.4 Å². The summed E-state index contributed by atoms with van der Waals surface area (Å²) in [4.78, 5) is 10.3. The number of halogens is 2. The van der Waals surface area contributed by atoms with Crippen LogP contribution in [0.15, 0.2) is 24.3 Å². The molecule has 0 fully saturated rings. The Labute approximate surface area is 114 Å². The van der Waals surface area contributed by atoms with Crippen molar-refractivity contribution in [2.45, 2.75) is 19.6 Å². The molecule has 2 N–H and O–H groups in total. The maximum atomic E-state index is 10.8. The van der Waals surface area contributed by atoms with Crippen molar-refractivity contribution in [1.82, 2.24) is 0 Å². The summed E-state index contributed by atoms with van der Waals surface area (Å²) in [5, 5.41) is 23.3. The van der Waals surface area contributed by atoms with Gasteiger partial charge in [-0.15, -0.1) is 0 Å². The molecule has 5 nitrogen and oxygen atoms in total. The summed E-state index contributed by atoms with van der Waals surface area (Å²) in [6, 6.07) is 2.57. The molecular formula is C11H12Cl2N2O3. The highest BCUT2D eigenvalue weighted by Gasteiger charge is 2.20. The molecule has 0 aliphatic rings. The molecule has 0 heterocycles. The van der Waals surface area contributed by atoms with Crippen molar-refractivity contribution in [3.8, 4) is 0 Å². The molecule has 18 heavy (non-hydrogen) atoms. The zero-order chi connectivity index (χ0) is 13.7. The molecule has 0 amide bonds. The molecule has 0 aliphatic carbocycles. The first kappa shape index (κ1) is 14.8. The van der Waals surface area contributed by atoms with Crippen LogP contribution in [0.3, 0.4) is 0 Å². The number of allylic oxidation sites excluding steroid dienone is 1. The van der Waals surface area contributed by atoms with Crippen LogP contribution in [0.25, 0.3) is 0 Å². The summed E-state index contributed by atoms with van der Waals surface area (Å²) in [6.45, 7) is 1.81. The maximum Gasteiger partial charge on any atom is 0.294 e. The molecule has 0 aromatic heterocycles. The Kier molecular flexibility index (Phi) is 5.40. The number of nitro groups is 1. The lowest BCUT2D eigenvalue weighted by Crippen LogP contribution is -2.18. The van der Waals surface area contributed by atoms with Crippen LogP contribution in [0.1, 0.15) is 13.3 Å². The first-order valence-electron chi connectivity index (χ1n) is 5.15. The number of hydrogen-bond acceptors (Lipinski definition) is 4. The minimum absolute atomic E-state index is 0.0189. The van der Waals surface area contributed by atoms with Crippen molar-refractivity contribution in [3.63, 3.8) is 0 Å². The van der Waals surface area contributed by atoms with Crippen molar-refractivity contribution < 1.29 is 10.0 Å². The average Bonchev–Trinajstić information content (AvgIpc) is 2.32. The SMILES string of the molecule is C/C=C/CC(O)Nc1c([N+](=O)[O-])ccc(Cl)c1Cl. The van der Waals surface area contributed by atoms with E-state index in [1.54, 1.807) is 12.2 Å². The zero-order valence-corrected chi connectivity index (χ0v) is 11.1. The molecule has 1 aromatic carbocycles. The molecule has 0 radical (unpaired) electrons. The van der Waals surface area contributed by atoms with Crippen LogP contribution in [0.5, 0.6) is 0 Å². The van der Waals surface area contributed by atoms with Gasteiger partial charge in [0.25, 0.3) is 5.69 Å². The molecule has 1 unspecified atom stereocenters. The number of nitrogens with one attached hydrogen (secondary N) is 1. The molecule has 7 heteroatoms. The van der Waals surface area contributed by atoms with E-state index in [0.717, 1.165) is 0 Å². The molecule has 98 valence electrons. The van der Waals surface area contributed by atoms with Crippen LogP contribution in [-0.4, -0.2) is 16.3 Å². The average molecular weight is 291 g/mol. The highest BCUT2D eigenvalue weighted by molar-refractivity contribution is 6.44. The normalized spacial score (nSPS) is 12.7. The highest BCUT2D eigenvalue weighted by Crippen LogP contribution is 2.37. The van der Waals surface area contributed by atoms with Crippen LogP contribution < -0.4 is 5.32 Å². The van der Waals surface area contributed by atoms with Gasteiger partial charge in [-0.1, -0.05) is 35.4 Å². The van der Waals surface area contributed by atoms with Gasteiger partial charge in [0, 0.05) is 12.5 Å². The van der Waals surface area contributed by atoms with E-state index in [0.29, 0.717) is 6.42 Å². The van der Waals surface area contributed by atoms with Crippen LogP contribution in [-0.2, 0) is 0 Å². The fourth-order valence-electron chi connectivity index (χ4n) is 1.32. The molecule has 1 rings (SSSR count). The smallest absolute Gasteiger partial charge is 0.294 e. The Balaban J connectivity index is 3.05. The van der Waals surface area contributed by atoms with E-state index in [1.165, 1.54) is 12.1 Å². The molecular weight excluding hydrogens is 279 g/mol. The van der Waals surface area contributed by atoms with Gasteiger partial charge in [0.15, 0.2) is 0 Å². The van der Waals surface area contributed by atoms with Gasteiger partial charge in [-0.3, -0.25) is 10.1 Å². The third-order valence-corrected chi connectivity index (χ3v) is 2.98. The Morgan fingerprint density at radius 2 is 2.22 bits per heavy atom. The summed E-state index contributed by atoms with van der Waals surface area (Å²) in [7, 11) is 0. The molecule has 1 aromatic rings. The maximum absolute atomic E-state index is 10.8. The molecule has 0 aliphatic heterocycles. The standard InChI is InChI=1S/C11H12Cl2N2O3/c1-2-3-4-9(16)14-11-8(15(17)18)6-5-7(12)10(11)13/h2-3,5-6,9,14,16H,4H2,1H3/b3-2+. The number of benzene rings is 1. The van der Waals surface area contributed by atoms with Gasteiger partial charge in [-0.2, -0.15) is 0 Å². The number of aliphatic hydroxyl groups excluding tert-OH is 1. The molecule has 0 saturated carbocycles. The van der Waals surface area contributed by atoms with Gasteiger partial charge in [0.2, 0.25) is 0 Å². The highest BCUT2D eigenvalue weighted by atomic mass is 35.5. The van der Waals surface area contributed by atoms with E-state index in [4.69, 9.17) is 23.2 Å². The van der Waals surface area contributed by atoms with E-state index < -0.39 is 11.2 Å². The lowest BCUT2D eigenvalue weighted by molar-refractivity contribution is -0.384. The summed E-state index contributed by atoms with van der Waals surface area (Å²) in [5.41, 5.74) is -0.213. The lowest BCUT2D eigenvalue weighted by atomic mass is 10.2. The first-order valence-corrected chi connectivity index (χ1v) is 5.91. The van der Waals surface area contributed by atoms with Crippen molar-refractivity contribution in [2.75, 3.05) is 5.32 Å². The fourth-order valence-corrected chi connectivity index (χ4v) is 1.69. The van der Waals surface area contributed by atoms with Crippen molar-refractivity contribution in [1.29, 1.82) is 0 Å². The minimum Gasteiger partial charge on any atom is -0.373 e. The summed E-state index contributed by atoms with van der Waals surface area (Å²) in [5.74, 6) is 0. The van der Waals surface area contributed by atoms with Crippen molar-refractivity contribution >= 4 is 34.6 Å². The quantitative estimate of drug-likeness (QED) is 0.376. The Morgan fingerprint density at radius 1 is 1.56 bits per heavy atom. The van der Waals surface area contributed by atoms with Crippen molar-refractivity contribution in [3.05, 3.63) is 44.4 Å². The lowest BCUT2D eigenvalue weighted by Gasteiger charge is -2.14. The summed E-state index contributed by atoms with van der Waals surface area (Å²) < 4.78 is 0. The summed E-state index contributed by atoms with van der Waals surface area (Å²) >= 11 is 11.7. The van der Waals surface area contributed by atoms with E-state index in [1.807, 2.05) is 6.92 Å². The minimum atomic E-state index is -0.976. The predicted octanol–water partition coefficient (Wildman–Crippen LogP) is 3.60. The summed E-state index contributed by atoms with van der Waals surface area (Å²) in [6.07, 6.45) is 2.81. The Hall–Kier alpha value is -1.30. The number of hydrogen-bond donors (Lipinski definition) is 2. The van der Waals surface area contributed by atoms with Gasteiger partial charge >= 0.3 is 0 Å². The number of anilines is 1. The largest absolute Gasteiger partial charge is 0.373 e. The fraction of sp³-hybridized carbons (Fsp3) is 0.273. The van der Waals surface area contributed by atoms with E-state index in [-0.39, 0.29) is 21.4 Å². The topological polar surface area (TPSA) is 75.4 Å². The van der Waals surface area contributed by atoms with Crippen LogP contribution in [0, 0.1) is 10.1 Å². The number of rotatable bonds is 5. The first-order chi connectivity index (χ1) is 8.47. The third-order valence-electron chi connectivity index (χ3n) is 2.18. The Morgan fingerprint density at radius 3 is 2.78 bits per heavy atom. The third kappa shape index (κ3) is 3.60. The van der Waals surface area contributed by atoms with Crippen LogP contribution in [0.4, 0.5) is 11.4 Å². The van der Waals surface area contributed by atoms with Gasteiger partial charge in [-0.25, -0.2) is 0 Å². The molecule has 0 bridgehead atoms. The van der Waals surface area contributed by atoms with E-state index in [2.05, 4.69) is 5.32 Å². The number of nitrogens with zero attached hydrogens (tertiary/aromatic N) is 1.